The molecule has 86 valence electrons. The molecular weight excluding hydrogens is 244 g/mol. The second kappa shape index (κ2) is 3.02. The lowest BCUT2D eigenvalue weighted by molar-refractivity contribution is -0.122. The predicted octanol–water partition coefficient (Wildman–Crippen LogP) is 2.68. The zero-order valence-corrected chi connectivity index (χ0v) is 10.4. The van der Waals surface area contributed by atoms with Crippen LogP contribution >= 0.6 is 10.7 Å². The summed E-state index contributed by atoms with van der Waals surface area (Å²) in [6.45, 7) is 0. The fraction of sp³-hybridized carbons (Fsp3) is 0.500. The third kappa shape index (κ3) is 1.49. The van der Waals surface area contributed by atoms with Crippen LogP contribution in [0.25, 0.3) is 0 Å². The Hall–Kier alpha value is -0.540. The van der Waals surface area contributed by atoms with Crippen LogP contribution in [0.1, 0.15) is 24.8 Å². The topological polar surface area (TPSA) is 34.1 Å². The Balaban J connectivity index is 1.75. The molecule has 0 saturated heterocycles. The molecule has 16 heavy (non-hydrogen) atoms. The summed E-state index contributed by atoms with van der Waals surface area (Å²) in [4.78, 5) is 0. The first-order chi connectivity index (χ1) is 7.43. The van der Waals surface area contributed by atoms with Gasteiger partial charge in [0.15, 0.2) is 0 Å². The molecule has 4 heteroatoms. The van der Waals surface area contributed by atoms with Gasteiger partial charge in [0.05, 0.1) is 5.75 Å². The molecule has 0 heterocycles. The molecule has 2 bridgehead atoms. The standard InChI is InChI=1S/C12H13ClO2S/c13-16(14,15)9-11-6-12(7-11,8-11)10-4-2-1-3-5-10/h1-5H,6-9H2. The SMILES string of the molecule is O=S(=O)(Cl)CC12CC(c3ccccc3)(C1)C2. The van der Waals surface area contributed by atoms with E-state index in [0.717, 1.165) is 19.3 Å². The number of hydrogen-bond acceptors (Lipinski definition) is 2. The summed E-state index contributed by atoms with van der Waals surface area (Å²) in [5.74, 6) is 0.149. The molecule has 0 atom stereocenters. The molecule has 3 aliphatic carbocycles. The number of rotatable bonds is 3. The van der Waals surface area contributed by atoms with E-state index in [1.807, 2.05) is 18.2 Å². The number of benzene rings is 1. The summed E-state index contributed by atoms with van der Waals surface area (Å²) in [6, 6.07) is 10.4. The van der Waals surface area contributed by atoms with E-state index in [2.05, 4.69) is 12.1 Å². The minimum atomic E-state index is -3.34. The molecule has 1 aromatic carbocycles. The highest BCUT2D eigenvalue weighted by molar-refractivity contribution is 8.13. The zero-order chi connectivity index (χ0) is 11.4. The summed E-state index contributed by atoms with van der Waals surface area (Å²) < 4.78 is 22.1. The summed E-state index contributed by atoms with van der Waals surface area (Å²) in [5.41, 5.74) is 1.61. The van der Waals surface area contributed by atoms with Crippen LogP contribution in [0, 0.1) is 5.41 Å². The summed E-state index contributed by atoms with van der Waals surface area (Å²) >= 11 is 0. The maximum atomic E-state index is 11.1. The van der Waals surface area contributed by atoms with Gasteiger partial charge < -0.3 is 0 Å². The lowest BCUT2D eigenvalue weighted by Crippen LogP contribution is -2.66. The van der Waals surface area contributed by atoms with Crippen molar-refractivity contribution in [2.75, 3.05) is 5.75 Å². The highest BCUT2D eigenvalue weighted by Gasteiger charge is 2.68. The van der Waals surface area contributed by atoms with Crippen molar-refractivity contribution in [1.29, 1.82) is 0 Å². The smallest absolute Gasteiger partial charge is 0.212 e. The molecule has 3 fully saturated rings. The molecular formula is C12H13ClO2S. The lowest BCUT2D eigenvalue weighted by atomic mass is 9.34. The second-order valence-corrected chi connectivity index (χ2v) is 8.14. The highest BCUT2D eigenvalue weighted by Crippen LogP contribution is 2.73. The Kier molecular flexibility index (Phi) is 2.00. The Morgan fingerprint density at radius 2 is 1.69 bits per heavy atom. The third-order valence-electron chi connectivity index (χ3n) is 4.00. The Labute approximate surface area is 100 Å². The van der Waals surface area contributed by atoms with Crippen molar-refractivity contribution in [3.05, 3.63) is 35.9 Å². The van der Waals surface area contributed by atoms with Gasteiger partial charge in [0.2, 0.25) is 9.05 Å². The maximum absolute atomic E-state index is 11.1. The van der Waals surface area contributed by atoms with E-state index in [1.54, 1.807) is 0 Å². The molecule has 3 saturated carbocycles. The minimum absolute atomic E-state index is 0.00355. The number of halogens is 1. The van der Waals surface area contributed by atoms with E-state index in [0.29, 0.717) is 0 Å². The van der Waals surface area contributed by atoms with Crippen LogP contribution in [0.3, 0.4) is 0 Å². The molecule has 0 radical (unpaired) electrons. The van der Waals surface area contributed by atoms with E-state index in [9.17, 15) is 8.42 Å². The van der Waals surface area contributed by atoms with Gasteiger partial charge >= 0.3 is 0 Å². The van der Waals surface area contributed by atoms with Crippen molar-refractivity contribution < 1.29 is 8.42 Å². The minimum Gasteiger partial charge on any atom is -0.212 e. The van der Waals surface area contributed by atoms with E-state index in [-0.39, 0.29) is 16.6 Å². The second-order valence-electron chi connectivity index (χ2n) is 5.36. The van der Waals surface area contributed by atoms with Gasteiger partial charge in [-0.3, -0.25) is 0 Å². The van der Waals surface area contributed by atoms with Crippen molar-refractivity contribution >= 4 is 19.7 Å². The van der Waals surface area contributed by atoms with Crippen LogP contribution in [0.15, 0.2) is 30.3 Å². The molecule has 4 rings (SSSR count). The molecule has 0 aliphatic heterocycles. The van der Waals surface area contributed by atoms with Gasteiger partial charge in [0.1, 0.15) is 0 Å². The molecule has 1 aromatic rings. The molecule has 0 amide bonds. The summed E-state index contributed by atoms with van der Waals surface area (Å²) in [7, 11) is 1.98. The molecule has 3 aliphatic rings. The van der Waals surface area contributed by atoms with Gasteiger partial charge in [-0.1, -0.05) is 30.3 Å². The van der Waals surface area contributed by atoms with Crippen molar-refractivity contribution in [1.82, 2.24) is 0 Å². The van der Waals surface area contributed by atoms with Crippen molar-refractivity contribution in [2.24, 2.45) is 5.41 Å². The van der Waals surface area contributed by atoms with Crippen LogP contribution in [-0.4, -0.2) is 14.2 Å². The van der Waals surface area contributed by atoms with E-state index in [4.69, 9.17) is 10.7 Å². The van der Waals surface area contributed by atoms with Crippen molar-refractivity contribution in [3.8, 4) is 0 Å². The first-order valence-electron chi connectivity index (χ1n) is 5.41. The Morgan fingerprint density at radius 3 is 2.19 bits per heavy atom. The van der Waals surface area contributed by atoms with E-state index >= 15 is 0 Å². The first-order valence-corrected chi connectivity index (χ1v) is 7.89. The molecule has 0 spiro atoms. The highest BCUT2D eigenvalue weighted by atomic mass is 35.7. The number of hydrogen-bond donors (Lipinski definition) is 0. The summed E-state index contributed by atoms with van der Waals surface area (Å²) in [5, 5.41) is 0. The van der Waals surface area contributed by atoms with Gasteiger partial charge in [0, 0.05) is 10.7 Å². The molecule has 2 nitrogen and oxygen atoms in total. The Morgan fingerprint density at radius 1 is 1.12 bits per heavy atom. The molecule has 0 unspecified atom stereocenters. The van der Waals surface area contributed by atoms with Gasteiger partial charge in [-0.05, 0) is 35.7 Å². The molecule has 0 N–H and O–H groups in total. The maximum Gasteiger partial charge on any atom is 0.233 e. The van der Waals surface area contributed by atoms with Crippen molar-refractivity contribution in [2.45, 2.75) is 24.7 Å². The van der Waals surface area contributed by atoms with Gasteiger partial charge in [-0.25, -0.2) is 8.42 Å². The fourth-order valence-corrected chi connectivity index (χ4v) is 5.35. The van der Waals surface area contributed by atoms with E-state index < -0.39 is 9.05 Å². The van der Waals surface area contributed by atoms with Crippen LogP contribution in [-0.2, 0) is 14.5 Å². The van der Waals surface area contributed by atoms with Crippen LogP contribution < -0.4 is 0 Å². The van der Waals surface area contributed by atoms with Gasteiger partial charge in [-0.15, -0.1) is 0 Å². The first kappa shape index (κ1) is 10.6. The largest absolute Gasteiger partial charge is 0.233 e. The molecule has 0 aromatic heterocycles. The van der Waals surface area contributed by atoms with Crippen LogP contribution in [0.2, 0.25) is 0 Å². The monoisotopic (exact) mass is 256 g/mol. The van der Waals surface area contributed by atoms with E-state index in [1.165, 1.54) is 5.56 Å². The zero-order valence-electron chi connectivity index (χ0n) is 8.82. The normalized spacial score (nSPS) is 36.3. The van der Waals surface area contributed by atoms with Gasteiger partial charge in [0.25, 0.3) is 0 Å². The van der Waals surface area contributed by atoms with Crippen molar-refractivity contribution in [3.63, 3.8) is 0 Å². The lowest BCUT2D eigenvalue weighted by Gasteiger charge is -2.71. The average molecular weight is 257 g/mol. The fourth-order valence-electron chi connectivity index (χ4n) is 3.61. The summed E-state index contributed by atoms with van der Waals surface area (Å²) in [6.07, 6.45) is 2.95. The predicted molar refractivity (Wildman–Crippen MR) is 64.0 cm³/mol. The Bertz CT molecular complexity index is 501. The third-order valence-corrected chi connectivity index (χ3v) is 5.29. The average Bonchev–Trinajstić information content (AvgIpc) is 2.09. The van der Waals surface area contributed by atoms with Crippen LogP contribution in [0.4, 0.5) is 0 Å². The van der Waals surface area contributed by atoms with Crippen LogP contribution in [0.5, 0.6) is 0 Å². The quantitative estimate of drug-likeness (QED) is 0.780. The van der Waals surface area contributed by atoms with Gasteiger partial charge in [-0.2, -0.15) is 0 Å².